The summed E-state index contributed by atoms with van der Waals surface area (Å²) in [7, 11) is -1.66. The summed E-state index contributed by atoms with van der Waals surface area (Å²) in [6.45, 7) is 19.9. The van der Waals surface area contributed by atoms with Gasteiger partial charge in [-0.3, -0.25) is 0 Å². The zero-order chi connectivity index (χ0) is 14.0. The Labute approximate surface area is 113 Å². The van der Waals surface area contributed by atoms with Gasteiger partial charge in [-0.1, -0.05) is 33.4 Å². The first-order chi connectivity index (χ1) is 8.17. The summed E-state index contributed by atoms with van der Waals surface area (Å²) >= 11 is 0. The third-order valence-electron chi connectivity index (χ3n) is 4.12. The minimum atomic E-state index is -1.66. The molecule has 0 aromatic carbocycles. The average molecular weight is 268 g/mol. The zero-order valence-corrected chi connectivity index (χ0v) is 13.6. The lowest BCUT2D eigenvalue weighted by Gasteiger charge is -2.36. The minimum Gasteiger partial charge on any atom is -0.414 e. The van der Waals surface area contributed by atoms with Crippen LogP contribution in [0.3, 0.4) is 0 Å². The van der Waals surface area contributed by atoms with Crippen LogP contribution in [0.1, 0.15) is 33.6 Å². The van der Waals surface area contributed by atoms with Crippen molar-refractivity contribution in [1.29, 1.82) is 0 Å². The van der Waals surface area contributed by atoms with E-state index < -0.39 is 8.32 Å². The van der Waals surface area contributed by atoms with Crippen LogP contribution in [0.2, 0.25) is 18.1 Å². The highest BCUT2D eigenvalue weighted by atomic mass is 28.4. The molecule has 0 aliphatic carbocycles. The van der Waals surface area contributed by atoms with Crippen LogP contribution >= 0.6 is 0 Å². The van der Waals surface area contributed by atoms with Crippen LogP contribution < -0.4 is 0 Å². The molecule has 1 aliphatic rings. The van der Waals surface area contributed by atoms with Gasteiger partial charge in [-0.25, -0.2) is 0 Å². The number of rotatable bonds is 5. The summed E-state index contributed by atoms with van der Waals surface area (Å²) in [6, 6.07) is 0. The van der Waals surface area contributed by atoms with E-state index in [4.69, 9.17) is 9.16 Å². The summed E-state index contributed by atoms with van der Waals surface area (Å²) in [4.78, 5) is 0. The van der Waals surface area contributed by atoms with Gasteiger partial charge < -0.3 is 9.16 Å². The van der Waals surface area contributed by atoms with E-state index in [0.717, 1.165) is 12.8 Å². The zero-order valence-electron chi connectivity index (χ0n) is 12.6. The molecule has 0 radical (unpaired) electrons. The van der Waals surface area contributed by atoms with Crippen LogP contribution in [0.25, 0.3) is 0 Å². The van der Waals surface area contributed by atoms with Crippen molar-refractivity contribution in [2.24, 2.45) is 0 Å². The third kappa shape index (κ3) is 3.80. The summed E-state index contributed by atoms with van der Waals surface area (Å²) in [6.07, 6.45) is 4.00. The molecule has 1 aliphatic heterocycles. The second-order valence-corrected chi connectivity index (χ2v) is 11.5. The Morgan fingerprint density at radius 2 is 2.06 bits per heavy atom. The summed E-state index contributed by atoms with van der Waals surface area (Å²) in [5.41, 5.74) is 1.18. The number of hydrogen-bond donors (Lipinski definition) is 0. The molecular weight excluding hydrogens is 240 g/mol. The molecule has 0 amide bonds. The fourth-order valence-corrected chi connectivity index (χ4v) is 2.83. The number of ether oxygens (including phenoxy) is 1. The molecule has 104 valence electrons. The molecule has 1 fully saturated rings. The van der Waals surface area contributed by atoms with Crippen LogP contribution in [0, 0.1) is 0 Å². The van der Waals surface area contributed by atoms with Crippen molar-refractivity contribution in [3.05, 3.63) is 24.8 Å². The van der Waals surface area contributed by atoms with Crippen molar-refractivity contribution in [2.45, 2.75) is 64.0 Å². The molecule has 0 spiro atoms. The fraction of sp³-hybridized carbons (Fsp3) is 0.733. The lowest BCUT2D eigenvalue weighted by Crippen LogP contribution is -2.42. The maximum atomic E-state index is 6.20. The quantitative estimate of drug-likeness (QED) is 0.547. The van der Waals surface area contributed by atoms with Gasteiger partial charge in [0.2, 0.25) is 0 Å². The topological polar surface area (TPSA) is 18.5 Å². The molecule has 0 aromatic heterocycles. The van der Waals surface area contributed by atoms with Gasteiger partial charge in [0.05, 0.1) is 18.8 Å². The normalized spacial score (nSPS) is 25.5. The Hall–Kier alpha value is -0.383. The van der Waals surface area contributed by atoms with Crippen molar-refractivity contribution in [3.8, 4) is 0 Å². The average Bonchev–Trinajstić information content (AvgIpc) is 2.56. The molecule has 2 nitrogen and oxygen atoms in total. The Bertz CT molecular complexity index is 315. The van der Waals surface area contributed by atoms with Crippen molar-refractivity contribution in [1.82, 2.24) is 0 Å². The molecule has 18 heavy (non-hydrogen) atoms. The first-order valence-corrected chi connectivity index (χ1v) is 9.66. The van der Waals surface area contributed by atoms with Crippen molar-refractivity contribution < 1.29 is 9.16 Å². The van der Waals surface area contributed by atoms with Crippen LogP contribution in [0.5, 0.6) is 0 Å². The first-order valence-electron chi connectivity index (χ1n) is 6.75. The van der Waals surface area contributed by atoms with Crippen LogP contribution in [0.15, 0.2) is 24.8 Å². The fourth-order valence-electron chi connectivity index (χ4n) is 1.79. The van der Waals surface area contributed by atoms with E-state index in [0.29, 0.717) is 6.61 Å². The predicted octanol–water partition coefficient (Wildman–Crippen LogP) is 4.30. The van der Waals surface area contributed by atoms with Crippen molar-refractivity contribution in [2.75, 3.05) is 6.61 Å². The predicted molar refractivity (Wildman–Crippen MR) is 80.4 cm³/mol. The van der Waals surface area contributed by atoms with Gasteiger partial charge in [0.25, 0.3) is 0 Å². The summed E-state index contributed by atoms with van der Waals surface area (Å²) < 4.78 is 12.1. The smallest absolute Gasteiger partial charge is 0.192 e. The molecule has 3 heteroatoms. The molecular formula is C15H28O2Si. The highest BCUT2D eigenvalue weighted by Crippen LogP contribution is 2.37. The highest BCUT2D eigenvalue weighted by molar-refractivity contribution is 6.74. The maximum Gasteiger partial charge on any atom is 0.192 e. The van der Waals surface area contributed by atoms with Crippen molar-refractivity contribution >= 4 is 8.32 Å². The monoisotopic (exact) mass is 268 g/mol. The van der Waals surface area contributed by atoms with Crippen LogP contribution in [0.4, 0.5) is 0 Å². The Morgan fingerprint density at radius 3 is 2.56 bits per heavy atom. The Balaban J connectivity index is 2.47. The van der Waals surface area contributed by atoms with Gasteiger partial charge in [-0.15, -0.1) is 6.58 Å². The van der Waals surface area contributed by atoms with Gasteiger partial charge in [0.15, 0.2) is 8.32 Å². The Morgan fingerprint density at radius 1 is 1.44 bits per heavy atom. The summed E-state index contributed by atoms with van der Waals surface area (Å²) in [5.74, 6) is 0. The van der Waals surface area contributed by atoms with Gasteiger partial charge >= 0.3 is 0 Å². The third-order valence-corrected chi connectivity index (χ3v) is 8.62. The molecule has 2 atom stereocenters. The summed E-state index contributed by atoms with van der Waals surface area (Å²) in [5, 5.41) is 0.253. The molecule has 0 unspecified atom stereocenters. The van der Waals surface area contributed by atoms with E-state index in [-0.39, 0.29) is 17.2 Å². The second kappa shape index (κ2) is 5.72. The van der Waals surface area contributed by atoms with E-state index >= 15 is 0 Å². The van der Waals surface area contributed by atoms with E-state index in [2.05, 4.69) is 47.0 Å². The molecule has 0 bridgehead atoms. The number of hydrogen-bond acceptors (Lipinski definition) is 2. The minimum absolute atomic E-state index is 0.149. The first kappa shape index (κ1) is 15.7. The van der Waals surface area contributed by atoms with E-state index in [9.17, 15) is 0 Å². The highest BCUT2D eigenvalue weighted by Gasteiger charge is 2.38. The van der Waals surface area contributed by atoms with Crippen molar-refractivity contribution in [3.63, 3.8) is 0 Å². The Kier molecular flexibility index (Phi) is 4.98. The second-order valence-electron chi connectivity index (χ2n) is 6.70. The molecule has 1 heterocycles. The van der Waals surface area contributed by atoms with Crippen LogP contribution in [-0.2, 0) is 9.16 Å². The molecule has 1 rings (SSSR count). The molecule has 0 N–H and O–H groups in total. The standard InChI is InChI=1S/C15H28O2Si/c1-8-9-14-12(2)10-13(17-14)11-16-18(6,7)15(3,4)5/h8,13-14H,1-2,9-11H2,3-7H3/t13-,14+/m1/s1. The van der Waals surface area contributed by atoms with E-state index in [1.165, 1.54) is 5.57 Å². The maximum absolute atomic E-state index is 6.20. The molecule has 0 aromatic rings. The van der Waals surface area contributed by atoms with Gasteiger partial charge in [-0.2, -0.15) is 0 Å². The van der Waals surface area contributed by atoms with Gasteiger partial charge in [0, 0.05) is 0 Å². The molecule has 1 saturated heterocycles. The van der Waals surface area contributed by atoms with Gasteiger partial charge in [-0.05, 0) is 36.5 Å². The van der Waals surface area contributed by atoms with Crippen LogP contribution in [-0.4, -0.2) is 27.1 Å². The van der Waals surface area contributed by atoms with E-state index in [1.54, 1.807) is 0 Å². The lowest BCUT2D eigenvalue weighted by atomic mass is 10.1. The lowest BCUT2D eigenvalue weighted by molar-refractivity contribution is 0.0210. The SMILES string of the molecule is C=CC[C@@H]1O[C@@H](CO[Si](C)(C)C(C)(C)C)CC1=C. The van der Waals surface area contributed by atoms with E-state index in [1.807, 2.05) is 6.08 Å². The molecule has 0 saturated carbocycles. The largest absolute Gasteiger partial charge is 0.414 e. The van der Waals surface area contributed by atoms with Gasteiger partial charge in [0.1, 0.15) is 0 Å².